The standard InChI is InChI=1S/C16H19N3O3S/c1-13-6-8-15(9-7-13)23(21,22)19(2)12-16(20)18-11-14-5-3-4-10-17-14/h3-10H,11-12H2,1-2H3,(H,18,20). The van der Waals surface area contributed by atoms with Gasteiger partial charge >= 0.3 is 0 Å². The molecule has 23 heavy (non-hydrogen) atoms. The maximum Gasteiger partial charge on any atom is 0.243 e. The summed E-state index contributed by atoms with van der Waals surface area (Å²) >= 11 is 0. The highest BCUT2D eigenvalue weighted by molar-refractivity contribution is 7.89. The molecular weight excluding hydrogens is 314 g/mol. The number of hydrogen-bond acceptors (Lipinski definition) is 4. The fraction of sp³-hybridized carbons (Fsp3) is 0.250. The van der Waals surface area contributed by atoms with Gasteiger partial charge in [0.2, 0.25) is 15.9 Å². The minimum atomic E-state index is -3.68. The van der Waals surface area contributed by atoms with Gasteiger partial charge in [0.05, 0.1) is 23.7 Å². The Morgan fingerprint density at radius 3 is 2.48 bits per heavy atom. The molecule has 0 unspecified atom stereocenters. The molecule has 0 saturated carbocycles. The summed E-state index contributed by atoms with van der Waals surface area (Å²) in [5, 5.41) is 2.65. The molecular formula is C16H19N3O3S. The normalized spacial score (nSPS) is 11.4. The minimum absolute atomic E-state index is 0.170. The van der Waals surface area contributed by atoms with Gasteiger partial charge in [0.25, 0.3) is 0 Å². The highest BCUT2D eigenvalue weighted by atomic mass is 32.2. The van der Waals surface area contributed by atoms with Crippen molar-refractivity contribution in [3.05, 3.63) is 59.9 Å². The number of aromatic nitrogens is 1. The molecule has 0 aliphatic rings. The number of carbonyl (C=O) groups excluding carboxylic acids is 1. The number of hydrogen-bond donors (Lipinski definition) is 1. The van der Waals surface area contributed by atoms with Crippen LogP contribution in [0.15, 0.2) is 53.6 Å². The first-order chi connectivity index (χ1) is 10.9. The molecule has 1 amide bonds. The number of amides is 1. The van der Waals surface area contributed by atoms with Crippen LogP contribution in [-0.2, 0) is 21.4 Å². The maximum absolute atomic E-state index is 12.4. The SMILES string of the molecule is Cc1ccc(S(=O)(=O)N(C)CC(=O)NCc2ccccn2)cc1. The van der Waals surface area contributed by atoms with E-state index in [0.29, 0.717) is 5.69 Å². The van der Waals surface area contributed by atoms with Crippen molar-refractivity contribution in [1.82, 2.24) is 14.6 Å². The predicted octanol–water partition coefficient (Wildman–Crippen LogP) is 1.33. The van der Waals surface area contributed by atoms with Crippen LogP contribution in [0.1, 0.15) is 11.3 Å². The van der Waals surface area contributed by atoms with Crippen LogP contribution >= 0.6 is 0 Å². The van der Waals surface area contributed by atoms with Crippen molar-refractivity contribution in [3.8, 4) is 0 Å². The number of aryl methyl sites for hydroxylation is 1. The lowest BCUT2D eigenvalue weighted by molar-refractivity contribution is -0.121. The second kappa shape index (κ2) is 7.34. The third-order valence-corrected chi connectivity index (χ3v) is 5.11. The van der Waals surface area contributed by atoms with Gasteiger partial charge in [-0.05, 0) is 31.2 Å². The Labute approximate surface area is 136 Å². The summed E-state index contributed by atoms with van der Waals surface area (Å²) in [6.07, 6.45) is 1.63. The Kier molecular flexibility index (Phi) is 5.46. The zero-order valence-electron chi connectivity index (χ0n) is 13.1. The quantitative estimate of drug-likeness (QED) is 0.865. The molecule has 6 nitrogen and oxygen atoms in total. The molecule has 2 aromatic rings. The first kappa shape index (κ1) is 17.1. The fourth-order valence-corrected chi connectivity index (χ4v) is 3.05. The van der Waals surface area contributed by atoms with Crippen LogP contribution in [-0.4, -0.2) is 37.2 Å². The highest BCUT2D eigenvalue weighted by Crippen LogP contribution is 2.14. The third kappa shape index (κ3) is 4.61. The molecule has 0 aliphatic carbocycles. The molecule has 0 atom stereocenters. The minimum Gasteiger partial charge on any atom is -0.349 e. The van der Waals surface area contributed by atoms with Crippen LogP contribution in [0.2, 0.25) is 0 Å². The Hall–Kier alpha value is -2.25. The van der Waals surface area contributed by atoms with Crippen molar-refractivity contribution in [2.75, 3.05) is 13.6 Å². The zero-order chi connectivity index (χ0) is 16.9. The first-order valence-corrected chi connectivity index (χ1v) is 8.53. The summed E-state index contributed by atoms with van der Waals surface area (Å²) in [4.78, 5) is 16.2. The van der Waals surface area contributed by atoms with Gasteiger partial charge in [0.15, 0.2) is 0 Å². The van der Waals surface area contributed by atoms with E-state index in [1.165, 1.54) is 19.2 Å². The molecule has 1 heterocycles. The molecule has 0 fully saturated rings. The summed E-state index contributed by atoms with van der Waals surface area (Å²) in [7, 11) is -2.29. The second-order valence-electron chi connectivity index (χ2n) is 5.17. The van der Waals surface area contributed by atoms with Crippen LogP contribution in [0.4, 0.5) is 0 Å². The lowest BCUT2D eigenvalue weighted by Crippen LogP contribution is -2.38. The molecule has 7 heteroatoms. The van der Waals surface area contributed by atoms with Gasteiger partial charge in [0.1, 0.15) is 0 Å². The molecule has 0 aliphatic heterocycles. The monoisotopic (exact) mass is 333 g/mol. The molecule has 122 valence electrons. The predicted molar refractivity (Wildman–Crippen MR) is 87.1 cm³/mol. The van der Waals surface area contributed by atoms with Gasteiger partial charge in [-0.25, -0.2) is 8.42 Å². The van der Waals surface area contributed by atoms with Gasteiger partial charge in [0, 0.05) is 13.2 Å². The summed E-state index contributed by atoms with van der Waals surface area (Å²) in [5.74, 6) is -0.381. The number of pyridine rings is 1. The van der Waals surface area contributed by atoms with E-state index in [4.69, 9.17) is 0 Å². The third-order valence-electron chi connectivity index (χ3n) is 3.29. The summed E-state index contributed by atoms with van der Waals surface area (Å²) in [6, 6.07) is 11.9. The fourth-order valence-electron chi connectivity index (χ4n) is 1.93. The molecule has 0 spiro atoms. The number of sulfonamides is 1. The number of likely N-dealkylation sites (N-methyl/N-ethyl adjacent to an activating group) is 1. The second-order valence-corrected chi connectivity index (χ2v) is 7.22. The Bertz CT molecular complexity index is 759. The maximum atomic E-state index is 12.4. The summed E-state index contributed by atoms with van der Waals surface area (Å²) in [5.41, 5.74) is 1.68. The van der Waals surface area contributed by atoms with Crippen molar-refractivity contribution >= 4 is 15.9 Å². The Balaban J connectivity index is 1.96. The van der Waals surface area contributed by atoms with Crippen molar-refractivity contribution in [2.45, 2.75) is 18.4 Å². The molecule has 0 bridgehead atoms. The van der Waals surface area contributed by atoms with E-state index in [9.17, 15) is 13.2 Å². The summed E-state index contributed by atoms with van der Waals surface area (Å²) < 4.78 is 25.8. The number of nitrogens with one attached hydrogen (secondary N) is 1. The van der Waals surface area contributed by atoms with Crippen LogP contribution in [0.5, 0.6) is 0 Å². The van der Waals surface area contributed by atoms with Crippen LogP contribution in [0.3, 0.4) is 0 Å². The van der Waals surface area contributed by atoms with Crippen molar-refractivity contribution in [3.63, 3.8) is 0 Å². The van der Waals surface area contributed by atoms with E-state index >= 15 is 0 Å². The number of carbonyl (C=O) groups is 1. The van der Waals surface area contributed by atoms with Gasteiger partial charge in [-0.3, -0.25) is 9.78 Å². The van der Waals surface area contributed by atoms with E-state index in [-0.39, 0.29) is 23.9 Å². The van der Waals surface area contributed by atoms with Gasteiger partial charge in [-0.1, -0.05) is 23.8 Å². The largest absolute Gasteiger partial charge is 0.349 e. The van der Waals surface area contributed by atoms with E-state index in [1.54, 1.807) is 30.5 Å². The van der Waals surface area contributed by atoms with Gasteiger partial charge < -0.3 is 5.32 Å². The van der Waals surface area contributed by atoms with Crippen molar-refractivity contribution in [2.24, 2.45) is 0 Å². The van der Waals surface area contributed by atoms with Crippen LogP contribution < -0.4 is 5.32 Å². The van der Waals surface area contributed by atoms with E-state index in [1.807, 2.05) is 13.0 Å². The zero-order valence-corrected chi connectivity index (χ0v) is 13.9. The van der Waals surface area contributed by atoms with Gasteiger partial charge in [-0.15, -0.1) is 0 Å². The molecule has 2 rings (SSSR count). The Morgan fingerprint density at radius 1 is 1.17 bits per heavy atom. The van der Waals surface area contributed by atoms with E-state index in [0.717, 1.165) is 9.87 Å². The van der Waals surface area contributed by atoms with Crippen LogP contribution in [0.25, 0.3) is 0 Å². The lowest BCUT2D eigenvalue weighted by atomic mass is 10.2. The smallest absolute Gasteiger partial charge is 0.243 e. The average molecular weight is 333 g/mol. The van der Waals surface area contributed by atoms with Gasteiger partial charge in [-0.2, -0.15) is 4.31 Å². The topological polar surface area (TPSA) is 79.4 Å². The van der Waals surface area contributed by atoms with E-state index < -0.39 is 10.0 Å². The molecule has 0 radical (unpaired) electrons. The average Bonchev–Trinajstić information content (AvgIpc) is 2.54. The molecule has 1 aromatic carbocycles. The lowest BCUT2D eigenvalue weighted by Gasteiger charge is -2.17. The first-order valence-electron chi connectivity index (χ1n) is 7.09. The van der Waals surface area contributed by atoms with Crippen molar-refractivity contribution < 1.29 is 13.2 Å². The number of nitrogens with zero attached hydrogens (tertiary/aromatic N) is 2. The number of rotatable bonds is 6. The summed E-state index contributed by atoms with van der Waals surface area (Å²) in [6.45, 7) is 1.90. The number of benzene rings is 1. The van der Waals surface area contributed by atoms with Crippen LogP contribution in [0, 0.1) is 6.92 Å². The molecule has 1 N–H and O–H groups in total. The van der Waals surface area contributed by atoms with Crippen molar-refractivity contribution in [1.29, 1.82) is 0 Å². The Morgan fingerprint density at radius 2 is 1.87 bits per heavy atom. The molecule has 1 aromatic heterocycles. The molecule has 0 saturated heterocycles. The van der Waals surface area contributed by atoms with E-state index in [2.05, 4.69) is 10.3 Å². The highest BCUT2D eigenvalue weighted by Gasteiger charge is 2.22.